The lowest BCUT2D eigenvalue weighted by molar-refractivity contribution is 0.0407. The Bertz CT molecular complexity index is 182. The van der Waals surface area contributed by atoms with E-state index in [1.54, 1.807) is 0 Å². The predicted octanol–water partition coefficient (Wildman–Crippen LogP) is 0.353. The summed E-state index contributed by atoms with van der Waals surface area (Å²) in [5.74, 6) is 3.18. The van der Waals surface area contributed by atoms with Gasteiger partial charge >= 0.3 is 0 Å². The highest BCUT2D eigenvalue weighted by molar-refractivity contribution is 4.86. The molecule has 2 atom stereocenters. The zero-order chi connectivity index (χ0) is 10.2. The quantitative estimate of drug-likeness (QED) is 0.493. The van der Waals surface area contributed by atoms with E-state index in [1.165, 1.54) is 6.42 Å². The van der Waals surface area contributed by atoms with Crippen LogP contribution in [0.5, 0.6) is 0 Å². The van der Waals surface area contributed by atoms with Crippen LogP contribution in [0, 0.1) is 18.3 Å². The van der Waals surface area contributed by atoms with E-state index >= 15 is 0 Å². The van der Waals surface area contributed by atoms with E-state index < -0.39 is 0 Å². The van der Waals surface area contributed by atoms with Crippen molar-refractivity contribution in [1.82, 2.24) is 5.32 Å². The fourth-order valence-corrected chi connectivity index (χ4v) is 1.86. The molecule has 0 saturated carbocycles. The van der Waals surface area contributed by atoms with Gasteiger partial charge in [-0.15, -0.1) is 12.3 Å². The number of ether oxygens (including phenoxy) is 1. The molecule has 0 radical (unpaired) electrons. The minimum atomic E-state index is 0.364. The maximum atomic E-state index is 5.72. The van der Waals surface area contributed by atoms with Gasteiger partial charge in [0.1, 0.15) is 0 Å². The third-order valence-electron chi connectivity index (χ3n) is 2.69. The Balaban J connectivity index is 2.25. The molecule has 1 heterocycles. The molecule has 1 fully saturated rings. The minimum Gasteiger partial charge on any atom is -0.381 e. The Morgan fingerprint density at radius 2 is 2.50 bits per heavy atom. The SMILES string of the molecule is C#CCCNC(CN)C1CCCOC1. The van der Waals surface area contributed by atoms with Gasteiger partial charge in [-0.05, 0) is 18.8 Å². The van der Waals surface area contributed by atoms with E-state index in [4.69, 9.17) is 16.9 Å². The lowest BCUT2D eigenvalue weighted by Gasteiger charge is -2.30. The van der Waals surface area contributed by atoms with Crippen molar-refractivity contribution in [2.24, 2.45) is 11.7 Å². The average Bonchev–Trinajstić information content (AvgIpc) is 2.26. The number of hydrogen-bond acceptors (Lipinski definition) is 3. The molecule has 0 aliphatic carbocycles. The summed E-state index contributed by atoms with van der Waals surface area (Å²) in [6, 6.07) is 0.364. The Kier molecular flexibility index (Phi) is 5.62. The molecule has 0 spiro atoms. The van der Waals surface area contributed by atoms with Gasteiger partial charge in [0, 0.05) is 32.2 Å². The van der Waals surface area contributed by atoms with Gasteiger partial charge in [-0.1, -0.05) is 0 Å². The summed E-state index contributed by atoms with van der Waals surface area (Å²) in [7, 11) is 0. The maximum Gasteiger partial charge on any atom is 0.0509 e. The fourth-order valence-electron chi connectivity index (χ4n) is 1.86. The smallest absolute Gasteiger partial charge is 0.0509 e. The molecule has 3 nitrogen and oxygen atoms in total. The minimum absolute atomic E-state index is 0.364. The van der Waals surface area contributed by atoms with Crippen LogP contribution in [0.15, 0.2) is 0 Å². The summed E-state index contributed by atoms with van der Waals surface area (Å²) in [6.45, 7) is 3.26. The highest BCUT2D eigenvalue weighted by atomic mass is 16.5. The van der Waals surface area contributed by atoms with E-state index in [9.17, 15) is 0 Å². The van der Waals surface area contributed by atoms with E-state index in [1.807, 2.05) is 0 Å². The molecule has 3 N–H and O–H groups in total. The molecule has 14 heavy (non-hydrogen) atoms. The molecule has 0 aromatic carbocycles. The van der Waals surface area contributed by atoms with Gasteiger partial charge in [0.25, 0.3) is 0 Å². The molecule has 80 valence electrons. The van der Waals surface area contributed by atoms with Crippen molar-refractivity contribution in [3.63, 3.8) is 0 Å². The molecule has 3 heteroatoms. The second-order valence-corrected chi connectivity index (χ2v) is 3.73. The van der Waals surface area contributed by atoms with Gasteiger partial charge in [0.05, 0.1) is 6.61 Å². The zero-order valence-electron chi connectivity index (χ0n) is 8.67. The molecular formula is C11H20N2O. The first kappa shape index (κ1) is 11.5. The van der Waals surface area contributed by atoms with Crippen molar-refractivity contribution >= 4 is 0 Å². The third kappa shape index (κ3) is 3.67. The van der Waals surface area contributed by atoms with Crippen molar-refractivity contribution in [2.75, 3.05) is 26.3 Å². The average molecular weight is 196 g/mol. The zero-order valence-corrected chi connectivity index (χ0v) is 8.67. The molecule has 0 aromatic rings. The maximum absolute atomic E-state index is 5.72. The van der Waals surface area contributed by atoms with Gasteiger partial charge in [-0.25, -0.2) is 0 Å². The van der Waals surface area contributed by atoms with Crippen LogP contribution >= 0.6 is 0 Å². The first-order chi connectivity index (χ1) is 6.88. The standard InChI is InChI=1S/C11H20N2O/c1-2-3-6-13-11(8-12)10-5-4-7-14-9-10/h1,10-11,13H,3-9,12H2. The van der Waals surface area contributed by atoms with Gasteiger partial charge in [0.15, 0.2) is 0 Å². The van der Waals surface area contributed by atoms with Crippen LogP contribution < -0.4 is 11.1 Å². The highest BCUT2D eigenvalue weighted by Crippen LogP contribution is 2.16. The number of rotatable bonds is 5. The largest absolute Gasteiger partial charge is 0.381 e. The predicted molar refractivity (Wildman–Crippen MR) is 57.8 cm³/mol. The fraction of sp³-hybridized carbons (Fsp3) is 0.818. The van der Waals surface area contributed by atoms with Crippen molar-refractivity contribution in [2.45, 2.75) is 25.3 Å². The van der Waals surface area contributed by atoms with Gasteiger partial charge in [0.2, 0.25) is 0 Å². The summed E-state index contributed by atoms with van der Waals surface area (Å²) < 4.78 is 5.44. The van der Waals surface area contributed by atoms with Gasteiger partial charge in [-0.2, -0.15) is 0 Å². The van der Waals surface area contributed by atoms with Gasteiger partial charge < -0.3 is 15.8 Å². The number of hydrogen-bond donors (Lipinski definition) is 2. The first-order valence-corrected chi connectivity index (χ1v) is 5.33. The molecule has 2 unspecified atom stereocenters. The van der Waals surface area contributed by atoms with Crippen LogP contribution in [0.2, 0.25) is 0 Å². The molecular weight excluding hydrogens is 176 g/mol. The summed E-state index contributed by atoms with van der Waals surface area (Å²) >= 11 is 0. The van der Waals surface area contributed by atoms with Gasteiger partial charge in [-0.3, -0.25) is 0 Å². The number of nitrogens with one attached hydrogen (secondary N) is 1. The number of terminal acetylenes is 1. The Morgan fingerprint density at radius 3 is 3.07 bits per heavy atom. The van der Waals surface area contributed by atoms with Crippen LogP contribution in [0.25, 0.3) is 0 Å². The van der Waals surface area contributed by atoms with Crippen LogP contribution in [0.1, 0.15) is 19.3 Å². The van der Waals surface area contributed by atoms with E-state index in [0.717, 1.165) is 32.6 Å². The molecule has 0 amide bonds. The van der Waals surface area contributed by atoms with Crippen molar-refractivity contribution in [3.05, 3.63) is 0 Å². The van der Waals surface area contributed by atoms with Crippen LogP contribution in [-0.2, 0) is 4.74 Å². The lowest BCUT2D eigenvalue weighted by atomic mass is 9.93. The summed E-state index contributed by atoms with van der Waals surface area (Å²) in [4.78, 5) is 0. The second kappa shape index (κ2) is 6.83. The van der Waals surface area contributed by atoms with Crippen molar-refractivity contribution < 1.29 is 4.74 Å². The molecule has 1 saturated heterocycles. The first-order valence-electron chi connectivity index (χ1n) is 5.33. The monoisotopic (exact) mass is 196 g/mol. The van der Waals surface area contributed by atoms with E-state index in [-0.39, 0.29) is 0 Å². The highest BCUT2D eigenvalue weighted by Gasteiger charge is 2.22. The van der Waals surface area contributed by atoms with E-state index in [0.29, 0.717) is 18.5 Å². The van der Waals surface area contributed by atoms with Crippen LogP contribution in [0.4, 0.5) is 0 Å². The summed E-state index contributed by atoms with van der Waals surface area (Å²) in [5, 5.41) is 3.39. The van der Waals surface area contributed by atoms with Crippen molar-refractivity contribution in [3.8, 4) is 12.3 Å². The third-order valence-corrected chi connectivity index (χ3v) is 2.69. The lowest BCUT2D eigenvalue weighted by Crippen LogP contribution is -2.45. The topological polar surface area (TPSA) is 47.3 Å². The Morgan fingerprint density at radius 1 is 1.64 bits per heavy atom. The van der Waals surface area contributed by atoms with Crippen molar-refractivity contribution in [1.29, 1.82) is 0 Å². The van der Waals surface area contributed by atoms with Crippen LogP contribution in [-0.4, -0.2) is 32.3 Å². The Hall–Kier alpha value is -0.560. The molecule has 1 aliphatic heterocycles. The number of nitrogens with two attached hydrogens (primary N) is 1. The summed E-state index contributed by atoms with van der Waals surface area (Å²) in [6.07, 6.45) is 8.32. The molecule has 0 aromatic heterocycles. The molecule has 1 rings (SSSR count). The van der Waals surface area contributed by atoms with Crippen LogP contribution in [0.3, 0.4) is 0 Å². The normalized spacial score (nSPS) is 24.1. The molecule has 0 bridgehead atoms. The molecule has 1 aliphatic rings. The second-order valence-electron chi connectivity index (χ2n) is 3.73. The van der Waals surface area contributed by atoms with E-state index in [2.05, 4.69) is 11.2 Å². The Labute approximate surface area is 86.4 Å². The summed E-state index contributed by atoms with van der Waals surface area (Å²) in [5.41, 5.74) is 5.72.